The number of rotatable bonds is 11. The molecule has 0 aliphatic heterocycles. The van der Waals surface area contributed by atoms with E-state index >= 15 is 0 Å². The van der Waals surface area contributed by atoms with Crippen LogP contribution in [0.5, 0.6) is 0 Å². The summed E-state index contributed by atoms with van der Waals surface area (Å²) < 4.78 is 18.9. The molecule has 1 aliphatic carbocycles. The SMILES string of the molecule is CCNc1ccc2c(N)ncc(F)c2c1.CO.Cc1ccccc1C(C)COC(=O)Nc1ccc(C2(C=O)CC2)c(CN(C)C=O)c1. The minimum Gasteiger partial charge on any atom is -0.449 e. The molecule has 4 aromatic rings. The van der Waals surface area contributed by atoms with Crippen LogP contribution in [0.1, 0.15) is 54.9 Å². The summed E-state index contributed by atoms with van der Waals surface area (Å²) in [4.78, 5) is 40.2. The molecule has 11 heteroatoms. The number of aliphatic hydroxyl groups is 1. The minimum absolute atomic E-state index is 0.0819. The van der Waals surface area contributed by atoms with Crippen molar-refractivity contribution in [2.75, 3.05) is 43.7 Å². The first kappa shape index (κ1) is 36.4. The molecule has 250 valence electrons. The van der Waals surface area contributed by atoms with E-state index in [1.807, 2.05) is 63.2 Å². The van der Waals surface area contributed by atoms with Gasteiger partial charge in [-0.3, -0.25) is 10.1 Å². The third-order valence-corrected chi connectivity index (χ3v) is 7.94. The summed E-state index contributed by atoms with van der Waals surface area (Å²) in [5.74, 6) is 0.0897. The number of benzene rings is 3. The zero-order valence-electron chi connectivity index (χ0n) is 27.5. The van der Waals surface area contributed by atoms with Crippen molar-refractivity contribution in [1.82, 2.24) is 9.88 Å². The van der Waals surface area contributed by atoms with Gasteiger partial charge in [-0.25, -0.2) is 14.2 Å². The number of carbonyl (C=O) groups is 3. The fraction of sp³-hybridized carbons (Fsp3) is 0.333. The molecule has 0 spiro atoms. The molecule has 1 atom stereocenters. The number of ether oxygens (including phenoxy) is 1. The standard InChI is InChI=1S/C24H28N2O4.C11H12FN3.CH4O/c1-17-6-4-5-7-21(17)18(2)14-30-23(29)25-20-8-9-22(24(15-27)10-11-24)19(12-20)13-26(3)16-28;1-2-14-7-3-4-8-9(5-7)10(12)6-15-11(8)13;1-2/h4-9,12,15-16,18H,10-11,13-14H2,1-3H3,(H,25,29);3-6,14H,2H2,1H3,(H2,13,15);2H,1H3. The van der Waals surface area contributed by atoms with E-state index in [1.165, 1.54) is 4.90 Å². The molecule has 10 nitrogen and oxygen atoms in total. The van der Waals surface area contributed by atoms with Crippen molar-refractivity contribution in [3.05, 3.63) is 94.9 Å². The summed E-state index contributed by atoms with van der Waals surface area (Å²) in [6, 6.07) is 18.9. The van der Waals surface area contributed by atoms with Crippen LogP contribution in [0.4, 0.5) is 26.4 Å². The van der Waals surface area contributed by atoms with E-state index in [0.717, 1.165) is 73.3 Å². The Bertz CT molecular complexity index is 1680. The van der Waals surface area contributed by atoms with Gasteiger partial charge in [0, 0.05) is 55.3 Å². The van der Waals surface area contributed by atoms with Crippen molar-refractivity contribution in [3.63, 3.8) is 0 Å². The Labute approximate surface area is 275 Å². The molecule has 5 rings (SSSR count). The second-order valence-corrected chi connectivity index (χ2v) is 11.4. The normalized spacial score (nSPS) is 13.1. The maximum atomic E-state index is 13.4. The Hall–Kier alpha value is -5.03. The molecule has 1 fully saturated rings. The van der Waals surface area contributed by atoms with Gasteiger partial charge in [-0.2, -0.15) is 0 Å². The molecule has 0 bridgehead atoms. The number of anilines is 3. The van der Waals surface area contributed by atoms with Gasteiger partial charge in [-0.15, -0.1) is 0 Å². The lowest BCUT2D eigenvalue weighted by Crippen LogP contribution is -2.21. The maximum absolute atomic E-state index is 13.4. The number of nitrogens with one attached hydrogen (secondary N) is 2. The van der Waals surface area contributed by atoms with Crippen LogP contribution >= 0.6 is 0 Å². The number of fused-ring (bicyclic) bond motifs is 1. The van der Waals surface area contributed by atoms with Crippen LogP contribution in [0, 0.1) is 12.7 Å². The number of halogens is 1. The van der Waals surface area contributed by atoms with E-state index in [0.29, 0.717) is 28.8 Å². The minimum atomic E-state index is -0.533. The zero-order chi connectivity index (χ0) is 34.6. The van der Waals surface area contributed by atoms with Crippen LogP contribution < -0.4 is 16.4 Å². The first-order valence-corrected chi connectivity index (χ1v) is 15.4. The number of nitrogen functional groups attached to an aromatic ring is 1. The quantitative estimate of drug-likeness (QED) is 0.142. The summed E-state index contributed by atoms with van der Waals surface area (Å²) in [7, 11) is 2.68. The maximum Gasteiger partial charge on any atom is 0.411 e. The van der Waals surface area contributed by atoms with Crippen LogP contribution in [0.2, 0.25) is 0 Å². The summed E-state index contributed by atoms with van der Waals surface area (Å²) in [5, 5.41) is 14.0. The number of hydrogen-bond acceptors (Lipinski definition) is 8. The largest absolute Gasteiger partial charge is 0.449 e. The molecular weight excluding hydrogens is 601 g/mol. The molecule has 5 N–H and O–H groups in total. The Balaban J connectivity index is 0.000000295. The molecule has 1 saturated carbocycles. The first-order valence-electron chi connectivity index (χ1n) is 15.4. The number of nitrogens with two attached hydrogens (primary N) is 1. The molecule has 47 heavy (non-hydrogen) atoms. The molecule has 2 amide bonds. The summed E-state index contributed by atoms with van der Waals surface area (Å²) in [5.41, 5.74) is 10.7. The highest BCUT2D eigenvalue weighted by Crippen LogP contribution is 2.48. The Morgan fingerprint density at radius 2 is 1.81 bits per heavy atom. The number of pyridine rings is 1. The van der Waals surface area contributed by atoms with Crippen LogP contribution in [-0.4, -0.2) is 61.1 Å². The number of aryl methyl sites for hydroxylation is 1. The summed E-state index contributed by atoms with van der Waals surface area (Å²) in [6.07, 6.45) is 3.95. The predicted octanol–water partition coefficient (Wildman–Crippen LogP) is 6.16. The second-order valence-electron chi connectivity index (χ2n) is 11.4. The van der Waals surface area contributed by atoms with Gasteiger partial charge in [0.05, 0.1) is 18.2 Å². The van der Waals surface area contributed by atoms with Gasteiger partial charge in [-0.1, -0.05) is 37.3 Å². The lowest BCUT2D eigenvalue weighted by molar-refractivity contribution is -0.117. The van der Waals surface area contributed by atoms with E-state index in [-0.39, 0.29) is 18.3 Å². The molecule has 0 saturated heterocycles. The number of hydrogen-bond donors (Lipinski definition) is 4. The number of nitrogens with zero attached hydrogens (tertiary/aromatic N) is 2. The lowest BCUT2D eigenvalue weighted by Gasteiger charge is -2.19. The highest BCUT2D eigenvalue weighted by molar-refractivity contribution is 5.93. The zero-order valence-corrected chi connectivity index (χ0v) is 27.5. The van der Waals surface area contributed by atoms with E-state index in [2.05, 4.69) is 15.6 Å². The first-order chi connectivity index (χ1) is 22.6. The van der Waals surface area contributed by atoms with E-state index in [9.17, 15) is 18.8 Å². The molecule has 1 heterocycles. The van der Waals surface area contributed by atoms with Gasteiger partial charge in [0.1, 0.15) is 17.9 Å². The molecule has 1 aliphatic rings. The van der Waals surface area contributed by atoms with Crippen LogP contribution in [-0.2, 0) is 26.3 Å². The van der Waals surface area contributed by atoms with Crippen molar-refractivity contribution in [2.24, 2.45) is 0 Å². The number of aldehydes is 1. The fourth-order valence-corrected chi connectivity index (χ4v) is 5.31. The smallest absolute Gasteiger partial charge is 0.411 e. The van der Waals surface area contributed by atoms with Crippen LogP contribution in [0.15, 0.2) is 66.9 Å². The monoisotopic (exact) mass is 645 g/mol. The lowest BCUT2D eigenvalue weighted by atomic mass is 9.92. The highest BCUT2D eigenvalue weighted by Gasteiger charge is 2.45. The van der Waals surface area contributed by atoms with Crippen molar-refractivity contribution >= 4 is 46.8 Å². The number of carbonyl (C=O) groups excluding carboxylic acids is 3. The van der Waals surface area contributed by atoms with E-state index in [4.69, 9.17) is 15.6 Å². The van der Waals surface area contributed by atoms with Crippen molar-refractivity contribution in [2.45, 2.75) is 51.5 Å². The van der Waals surface area contributed by atoms with Crippen molar-refractivity contribution in [1.29, 1.82) is 0 Å². The average Bonchev–Trinajstić information content (AvgIpc) is 3.88. The van der Waals surface area contributed by atoms with Crippen molar-refractivity contribution < 1.29 is 28.6 Å². The average molecular weight is 646 g/mol. The Morgan fingerprint density at radius 3 is 2.45 bits per heavy atom. The molecule has 0 radical (unpaired) electrons. The summed E-state index contributed by atoms with van der Waals surface area (Å²) in [6.45, 7) is 7.48. The summed E-state index contributed by atoms with van der Waals surface area (Å²) >= 11 is 0. The topological polar surface area (TPSA) is 147 Å². The van der Waals surface area contributed by atoms with Gasteiger partial charge in [-0.05, 0) is 79.3 Å². The highest BCUT2D eigenvalue weighted by atomic mass is 19.1. The van der Waals surface area contributed by atoms with Gasteiger partial charge >= 0.3 is 6.09 Å². The second kappa shape index (κ2) is 17.0. The molecular formula is C36H44FN5O5. The predicted molar refractivity (Wildman–Crippen MR) is 184 cm³/mol. The number of aromatic nitrogens is 1. The van der Waals surface area contributed by atoms with Crippen LogP contribution in [0.25, 0.3) is 10.8 Å². The van der Waals surface area contributed by atoms with Gasteiger partial charge in [0.15, 0.2) is 0 Å². The van der Waals surface area contributed by atoms with Crippen molar-refractivity contribution in [3.8, 4) is 0 Å². The third-order valence-electron chi connectivity index (χ3n) is 7.94. The fourth-order valence-electron chi connectivity index (χ4n) is 5.31. The third kappa shape index (κ3) is 9.49. The Kier molecular flexibility index (Phi) is 13.2. The Morgan fingerprint density at radius 1 is 1.11 bits per heavy atom. The number of aliphatic hydroxyl groups excluding tert-OH is 1. The van der Waals surface area contributed by atoms with Gasteiger partial charge < -0.3 is 30.6 Å². The molecule has 3 aromatic carbocycles. The molecule has 1 aromatic heterocycles. The van der Waals surface area contributed by atoms with Gasteiger partial charge in [0.25, 0.3) is 0 Å². The number of amides is 2. The van der Waals surface area contributed by atoms with E-state index < -0.39 is 11.5 Å². The van der Waals surface area contributed by atoms with E-state index in [1.54, 1.807) is 25.2 Å². The van der Waals surface area contributed by atoms with Crippen LogP contribution in [0.3, 0.4) is 0 Å². The van der Waals surface area contributed by atoms with Gasteiger partial charge in [0.2, 0.25) is 6.41 Å². The molecule has 1 unspecified atom stereocenters.